The maximum atomic E-state index is 5.95. The molecule has 1 radical (unpaired) electrons. The number of rotatable bonds is 2. The first kappa shape index (κ1) is 14.8. The molecule has 0 amide bonds. The van der Waals surface area contributed by atoms with Gasteiger partial charge in [0.05, 0.1) is 0 Å². The number of benzene rings is 2. The minimum atomic E-state index is 0.585. The molecule has 0 atom stereocenters. The fourth-order valence-corrected chi connectivity index (χ4v) is 3.37. The lowest BCUT2D eigenvalue weighted by Crippen LogP contribution is -2.24. The number of anilines is 2. The Morgan fingerprint density at radius 2 is 2.04 bits per heavy atom. The zero-order valence-corrected chi connectivity index (χ0v) is 13.8. The molecule has 0 unspecified atom stereocenters. The summed E-state index contributed by atoms with van der Waals surface area (Å²) in [6.07, 6.45) is 5.02. The van der Waals surface area contributed by atoms with E-state index in [0.717, 1.165) is 29.3 Å². The van der Waals surface area contributed by atoms with Crippen molar-refractivity contribution in [2.75, 3.05) is 10.6 Å². The number of nitrogen functional groups attached to an aromatic ring is 1. The lowest BCUT2D eigenvalue weighted by atomic mass is 9.99. The fourth-order valence-electron chi connectivity index (χ4n) is 3.37. The highest BCUT2D eigenvalue weighted by Crippen LogP contribution is 2.32. The van der Waals surface area contributed by atoms with E-state index in [1.165, 1.54) is 22.5 Å². The quantitative estimate of drug-likeness (QED) is 0.759. The summed E-state index contributed by atoms with van der Waals surface area (Å²) in [7, 11) is 0. The third-order valence-corrected chi connectivity index (χ3v) is 4.68. The molecule has 0 spiro atoms. The van der Waals surface area contributed by atoms with Crippen molar-refractivity contribution >= 4 is 22.3 Å². The van der Waals surface area contributed by atoms with Crippen LogP contribution in [0.5, 0.6) is 0 Å². The third-order valence-electron chi connectivity index (χ3n) is 4.68. The first-order valence-electron chi connectivity index (χ1n) is 8.14. The van der Waals surface area contributed by atoms with Crippen LogP contribution in [0, 0.1) is 6.92 Å². The largest absolute Gasteiger partial charge is 0.383 e. The van der Waals surface area contributed by atoms with E-state index in [9.17, 15) is 0 Å². The molecular weight excluding hydrogens is 294 g/mol. The van der Waals surface area contributed by atoms with Crippen LogP contribution in [0.1, 0.15) is 23.6 Å². The first-order chi connectivity index (χ1) is 11.6. The highest BCUT2D eigenvalue weighted by Gasteiger charge is 2.17. The first-order valence-corrected chi connectivity index (χ1v) is 8.14. The summed E-state index contributed by atoms with van der Waals surface area (Å²) in [6.45, 7) is 7.05. The molecule has 3 nitrogen and oxygen atoms in total. The molecule has 0 saturated heterocycles. The smallest absolute Gasteiger partial charge is 0.131 e. The lowest BCUT2D eigenvalue weighted by molar-refractivity contribution is 0.878. The second kappa shape index (κ2) is 5.68. The van der Waals surface area contributed by atoms with E-state index in [2.05, 4.69) is 66.2 Å². The SMILES string of the molecule is [CH2]c1ccc2c(c1)CC=C(C)N2Cc1ccc2c(N)nccc2c1. The Balaban J connectivity index is 1.72. The summed E-state index contributed by atoms with van der Waals surface area (Å²) in [5.41, 5.74) is 12.2. The minimum Gasteiger partial charge on any atom is -0.383 e. The number of nitrogens with zero attached hydrogens (tertiary/aromatic N) is 2. The highest BCUT2D eigenvalue weighted by atomic mass is 15.1. The maximum absolute atomic E-state index is 5.95. The summed E-state index contributed by atoms with van der Waals surface area (Å²) in [5, 5.41) is 2.14. The Labute approximate surface area is 142 Å². The number of hydrogen-bond donors (Lipinski definition) is 1. The minimum absolute atomic E-state index is 0.585. The highest BCUT2D eigenvalue weighted by molar-refractivity contribution is 5.91. The van der Waals surface area contributed by atoms with Crippen molar-refractivity contribution in [2.45, 2.75) is 19.9 Å². The van der Waals surface area contributed by atoms with Gasteiger partial charge in [-0.2, -0.15) is 0 Å². The molecular formula is C21H20N3. The number of pyridine rings is 1. The van der Waals surface area contributed by atoms with Gasteiger partial charge in [-0.05, 0) is 60.5 Å². The number of allylic oxidation sites excluding steroid dienone is 2. The molecule has 1 aliphatic heterocycles. The molecule has 3 heteroatoms. The molecule has 24 heavy (non-hydrogen) atoms. The Bertz CT molecular complexity index is 956. The van der Waals surface area contributed by atoms with Crippen LogP contribution in [0.3, 0.4) is 0 Å². The second-order valence-corrected chi connectivity index (χ2v) is 6.35. The van der Waals surface area contributed by atoms with Crippen molar-refractivity contribution in [3.05, 3.63) is 84.0 Å². The van der Waals surface area contributed by atoms with Gasteiger partial charge in [0.15, 0.2) is 0 Å². The van der Waals surface area contributed by atoms with Crippen molar-refractivity contribution in [3.8, 4) is 0 Å². The normalized spacial score (nSPS) is 13.8. The molecule has 4 rings (SSSR count). The van der Waals surface area contributed by atoms with Crippen molar-refractivity contribution < 1.29 is 0 Å². The molecule has 0 fully saturated rings. The zero-order valence-electron chi connectivity index (χ0n) is 13.8. The summed E-state index contributed by atoms with van der Waals surface area (Å²) in [4.78, 5) is 6.52. The van der Waals surface area contributed by atoms with E-state index in [1.807, 2.05) is 6.07 Å². The Kier molecular flexibility index (Phi) is 3.49. The van der Waals surface area contributed by atoms with Crippen molar-refractivity contribution in [1.29, 1.82) is 0 Å². The Morgan fingerprint density at radius 3 is 2.92 bits per heavy atom. The molecule has 2 aromatic carbocycles. The van der Waals surface area contributed by atoms with Crippen LogP contribution in [0.15, 0.2) is 60.4 Å². The van der Waals surface area contributed by atoms with Crippen LogP contribution < -0.4 is 10.6 Å². The van der Waals surface area contributed by atoms with Crippen LogP contribution in [-0.2, 0) is 13.0 Å². The van der Waals surface area contributed by atoms with E-state index in [1.54, 1.807) is 6.20 Å². The van der Waals surface area contributed by atoms with Crippen LogP contribution in [0.25, 0.3) is 10.8 Å². The molecule has 0 bridgehead atoms. The van der Waals surface area contributed by atoms with E-state index < -0.39 is 0 Å². The summed E-state index contributed by atoms with van der Waals surface area (Å²) < 4.78 is 0. The van der Waals surface area contributed by atoms with Crippen LogP contribution in [0.4, 0.5) is 11.5 Å². The van der Waals surface area contributed by atoms with Gasteiger partial charge in [0.1, 0.15) is 5.82 Å². The standard InChI is InChI=1S/C21H20N3/c1-14-3-8-20-18(11-14)6-4-15(2)24(20)13-16-5-7-19-17(12-16)9-10-23-21(19)22/h3-5,7-12H,1,6,13H2,2H3,(H2,22,23). The van der Waals surface area contributed by atoms with Crippen molar-refractivity contribution in [2.24, 2.45) is 0 Å². The number of hydrogen-bond acceptors (Lipinski definition) is 3. The molecule has 119 valence electrons. The fraction of sp³-hybridized carbons (Fsp3) is 0.143. The Morgan fingerprint density at radius 1 is 1.17 bits per heavy atom. The number of aromatic nitrogens is 1. The van der Waals surface area contributed by atoms with Crippen LogP contribution in [0.2, 0.25) is 0 Å². The summed E-state index contributed by atoms with van der Waals surface area (Å²) >= 11 is 0. The van der Waals surface area contributed by atoms with Gasteiger partial charge in [-0.3, -0.25) is 0 Å². The van der Waals surface area contributed by atoms with Gasteiger partial charge in [-0.25, -0.2) is 4.98 Å². The van der Waals surface area contributed by atoms with Crippen molar-refractivity contribution in [3.63, 3.8) is 0 Å². The van der Waals surface area contributed by atoms with Gasteiger partial charge in [0.2, 0.25) is 0 Å². The number of nitrogens with two attached hydrogens (primary N) is 1. The van der Waals surface area contributed by atoms with E-state index in [-0.39, 0.29) is 0 Å². The van der Waals surface area contributed by atoms with Gasteiger partial charge >= 0.3 is 0 Å². The topological polar surface area (TPSA) is 42.1 Å². The molecule has 0 aliphatic carbocycles. The van der Waals surface area contributed by atoms with Gasteiger partial charge in [0.25, 0.3) is 0 Å². The van der Waals surface area contributed by atoms with Gasteiger partial charge in [-0.15, -0.1) is 0 Å². The van der Waals surface area contributed by atoms with E-state index in [0.29, 0.717) is 5.82 Å². The second-order valence-electron chi connectivity index (χ2n) is 6.35. The molecule has 2 heterocycles. The number of fused-ring (bicyclic) bond motifs is 2. The van der Waals surface area contributed by atoms with Gasteiger partial charge in [0, 0.05) is 29.5 Å². The predicted octanol–water partition coefficient (Wildman–Crippen LogP) is 4.47. The average molecular weight is 314 g/mol. The van der Waals surface area contributed by atoms with Crippen LogP contribution >= 0.6 is 0 Å². The third kappa shape index (κ3) is 2.52. The monoisotopic (exact) mass is 314 g/mol. The summed E-state index contributed by atoms with van der Waals surface area (Å²) in [6, 6.07) is 14.8. The molecule has 1 aliphatic rings. The summed E-state index contributed by atoms with van der Waals surface area (Å²) in [5.74, 6) is 0.585. The Hall–Kier alpha value is -2.81. The molecule has 0 saturated carbocycles. The average Bonchev–Trinajstić information content (AvgIpc) is 2.57. The van der Waals surface area contributed by atoms with Crippen molar-refractivity contribution in [1.82, 2.24) is 4.98 Å². The molecule has 3 aromatic rings. The molecule has 2 N–H and O–H groups in total. The molecule has 1 aromatic heterocycles. The maximum Gasteiger partial charge on any atom is 0.131 e. The van der Waals surface area contributed by atoms with Crippen LogP contribution in [-0.4, -0.2) is 4.98 Å². The van der Waals surface area contributed by atoms with Gasteiger partial charge in [-0.1, -0.05) is 30.3 Å². The lowest BCUT2D eigenvalue weighted by Gasteiger charge is -2.31. The zero-order chi connectivity index (χ0) is 16.7. The van der Waals surface area contributed by atoms with Gasteiger partial charge < -0.3 is 10.6 Å². The predicted molar refractivity (Wildman–Crippen MR) is 101 cm³/mol. The van der Waals surface area contributed by atoms with E-state index >= 15 is 0 Å². The van der Waals surface area contributed by atoms with E-state index in [4.69, 9.17) is 5.73 Å².